The summed E-state index contributed by atoms with van der Waals surface area (Å²) in [6.45, 7) is 0. The van der Waals surface area contributed by atoms with E-state index in [4.69, 9.17) is 11.6 Å². The van der Waals surface area contributed by atoms with Crippen molar-refractivity contribution in [3.63, 3.8) is 0 Å². The van der Waals surface area contributed by atoms with Crippen molar-refractivity contribution < 1.29 is 0 Å². The van der Waals surface area contributed by atoms with Gasteiger partial charge >= 0.3 is 0 Å². The highest BCUT2D eigenvalue weighted by Gasteiger charge is 2.15. The average molecular weight is 449 g/mol. The summed E-state index contributed by atoms with van der Waals surface area (Å²) in [7, 11) is 0. The minimum Gasteiger partial charge on any atom is -0.218 e. The van der Waals surface area contributed by atoms with E-state index in [0.717, 1.165) is 33.6 Å². The van der Waals surface area contributed by atoms with Crippen molar-refractivity contribution in [1.82, 2.24) is 9.97 Å². The van der Waals surface area contributed by atoms with E-state index in [0.29, 0.717) is 0 Å². The zero-order valence-electron chi connectivity index (χ0n) is 17.0. The smallest absolute Gasteiger partial charge is 0.218 e. The monoisotopic (exact) mass is 448 g/mol. The molecule has 0 N–H and O–H groups in total. The molecule has 0 radical (unpaired) electrons. The standard InChI is InChI=1S/C28H17ClN2S/c29-28-30-24(20-12-5-4-11-19(20)18-9-2-1-3-10-18)17-25(31-28)23-15-8-14-22-21-13-6-7-16-26(21)32-27(22)23/h1-17H. The number of hydrogen-bond donors (Lipinski definition) is 0. The number of nitrogens with zero attached hydrogens (tertiary/aromatic N) is 2. The molecule has 6 aromatic rings. The Kier molecular flexibility index (Phi) is 4.71. The fourth-order valence-electron chi connectivity index (χ4n) is 4.22. The minimum atomic E-state index is 0.249. The van der Waals surface area contributed by atoms with Crippen LogP contribution in [0.4, 0.5) is 0 Å². The molecular formula is C28H17ClN2S. The third-order valence-electron chi connectivity index (χ3n) is 5.67. The summed E-state index contributed by atoms with van der Waals surface area (Å²) in [4.78, 5) is 9.21. The molecule has 0 atom stereocenters. The molecule has 4 heteroatoms. The summed E-state index contributed by atoms with van der Waals surface area (Å²) in [6.07, 6.45) is 0. The van der Waals surface area contributed by atoms with E-state index in [1.54, 1.807) is 11.3 Å². The molecule has 2 nitrogen and oxygen atoms in total. The highest BCUT2D eigenvalue weighted by atomic mass is 35.5. The quantitative estimate of drug-likeness (QED) is 0.253. The van der Waals surface area contributed by atoms with E-state index in [9.17, 15) is 0 Å². The van der Waals surface area contributed by atoms with Gasteiger partial charge in [0.15, 0.2) is 0 Å². The zero-order chi connectivity index (χ0) is 21.5. The molecule has 4 aromatic carbocycles. The highest BCUT2D eigenvalue weighted by Crippen LogP contribution is 2.40. The predicted octanol–water partition coefficient (Wildman–Crippen LogP) is 8.50. The van der Waals surface area contributed by atoms with Crippen LogP contribution >= 0.6 is 22.9 Å². The van der Waals surface area contributed by atoms with Gasteiger partial charge in [0.2, 0.25) is 5.28 Å². The van der Waals surface area contributed by atoms with E-state index in [1.807, 2.05) is 36.4 Å². The van der Waals surface area contributed by atoms with Crippen LogP contribution in [0.3, 0.4) is 0 Å². The van der Waals surface area contributed by atoms with Gasteiger partial charge < -0.3 is 0 Å². The van der Waals surface area contributed by atoms with Gasteiger partial charge in [-0.2, -0.15) is 0 Å². The van der Waals surface area contributed by atoms with Crippen LogP contribution in [-0.2, 0) is 0 Å². The summed E-state index contributed by atoms with van der Waals surface area (Å²) in [5, 5.41) is 2.76. The van der Waals surface area contributed by atoms with Crippen molar-refractivity contribution in [1.29, 1.82) is 0 Å². The lowest BCUT2D eigenvalue weighted by Gasteiger charge is -2.11. The predicted molar refractivity (Wildman–Crippen MR) is 136 cm³/mol. The summed E-state index contributed by atoms with van der Waals surface area (Å²) in [6, 6.07) is 35.6. The van der Waals surface area contributed by atoms with Gasteiger partial charge in [-0.1, -0.05) is 91.0 Å². The number of fused-ring (bicyclic) bond motifs is 3. The molecule has 0 aliphatic heterocycles. The molecule has 2 heterocycles. The van der Waals surface area contributed by atoms with Crippen molar-refractivity contribution >= 4 is 43.1 Å². The Hall–Kier alpha value is -3.53. The van der Waals surface area contributed by atoms with Crippen molar-refractivity contribution in [2.75, 3.05) is 0 Å². The first-order valence-electron chi connectivity index (χ1n) is 10.4. The second-order valence-electron chi connectivity index (χ2n) is 7.60. The van der Waals surface area contributed by atoms with Crippen LogP contribution < -0.4 is 0 Å². The Balaban J connectivity index is 1.57. The van der Waals surface area contributed by atoms with Gasteiger partial charge in [0.05, 0.1) is 11.4 Å². The van der Waals surface area contributed by atoms with E-state index in [1.165, 1.54) is 20.2 Å². The molecule has 0 fully saturated rings. The molecule has 0 bridgehead atoms. The topological polar surface area (TPSA) is 25.8 Å². The van der Waals surface area contributed by atoms with Crippen molar-refractivity contribution in [2.45, 2.75) is 0 Å². The zero-order valence-corrected chi connectivity index (χ0v) is 18.6. The summed E-state index contributed by atoms with van der Waals surface area (Å²) in [5.74, 6) is 0. The number of aromatic nitrogens is 2. The van der Waals surface area contributed by atoms with Crippen molar-refractivity contribution in [3.05, 3.63) is 108 Å². The third kappa shape index (κ3) is 3.27. The molecular weight excluding hydrogens is 432 g/mol. The maximum absolute atomic E-state index is 6.46. The normalized spacial score (nSPS) is 11.3. The summed E-state index contributed by atoms with van der Waals surface area (Å²) < 4.78 is 2.48. The Bertz CT molecular complexity index is 1590. The molecule has 0 saturated carbocycles. The molecule has 152 valence electrons. The fourth-order valence-corrected chi connectivity index (χ4v) is 5.63. The van der Waals surface area contributed by atoms with Crippen molar-refractivity contribution in [2.24, 2.45) is 0 Å². The maximum atomic E-state index is 6.46. The van der Waals surface area contributed by atoms with E-state index >= 15 is 0 Å². The molecule has 6 rings (SSSR count). The molecule has 0 amide bonds. The minimum absolute atomic E-state index is 0.249. The number of halogens is 1. The first-order chi connectivity index (χ1) is 15.8. The molecule has 0 aliphatic carbocycles. The number of hydrogen-bond acceptors (Lipinski definition) is 3. The first-order valence-corrected chi connectivity index (χ1v) is 11.6. The lowest BCUT2D eigenvalue weighted by molar-refractivity contribution is 1.18. The van der Waals surface area contributed by atoms with Crippen LogP contribution in [0.25, 0.3) is 53.8 Å². The van der Waals surface area contributed by atoms with Gasteiger partial charge in [-0.15, -0.1) is 11.3 Å². The lowest BCUT2D eigenvalue weighted by atomic mass is 9.97. The van der Waals surface area contributed by atoms with Gasteiger partial charge in [-0.25, -0.2) is 9.97 Å². The summed E-state index contributed by atoms with van der Waals surface area (Å²) >= 11 is 8.25. The maximum Gasteiger partial charge on any atom is 0.223 e. The van der Waals surface area contributed by atoms with Crippen LogP contribution in [0, 0.1) is 0 Å². The van der Waals surface area contributed by atoms with Crippen LogP contribution in [-0.4, -0.2) is 9.97 Å². The van der Waals surface area contributed by atoms with Gasteiger partial charge in [0.25, 0.3) is 0 Å². The Labute approximate surface area is 194 Å². The highest BCUT2D eigenvalue weighted by molar-refractivity contribution is 7.26. The summed E-state index contributed by atoms with van der Waals surface area (Å²) in [5.41, 5.74) is 6.02. The molecule has 0 saturated heterocycles. The largest absolute Gasteiger partial charge is 0.223 e. The molecule has 2 aromatic heterocycles. The second kappa shape index (κ2) is 7.86. The average Bonchev–Trinajstić information content (AvgIpc) is 3.23. The Morgan fingerprint density at radius 1 is 0.562 bits per heavy atom. The number of thiophene rings is 1. The molecule has 0 unspecified atom stereocenters. The van der Waals surface area contributed by atoms with Crippen LogP contribution in [0.2, 0.25) is 5.28 Å². The van der Waals surface area contributed by atoms with Crippen LogP contribution in [0.1, 0.15) is 0 Å². The fraction of sp³-hybridized carbons (Fsp3) is 0. The van der Waals surface area contributed by atoms with E-state index < -0.39 is 0 Å². The molecule has 32 heavy (non-hydrogen) atoms. The van der Waals surface area contributed by atoms with Gasteiger partial charge in [0.1, 0.15) is 0 Å². The SMILES string of the molecule is Clc1nc(-c2ccccc2-c2ccccc2)cc(-c2cccc3c2sc2ccccc23)n1. The van der Waals surface area contributed by atoms with Gasteiger partial charge in [0, 0.05) is 31.3 Å². The van der Waals surface area contributed by atoms with Gasteiger partial charge in [-0.3, -0.25) is 0 Å². The lowest BCUT2D eigenvalue weighted by Crippen LogP contribution is -1.94. The number of rotatable bonds is 3. The molecule has 0 aliphatic rings. The number of benzene rings is 4. The first kappa shape index (κ1) is 19.2. The molecule has 0 spiro atoms. The Morgan fingerprint density at radius 3 is 2.03 bits per heavy atom. The third-order valence-corrected chi connectivity index (χ3v) is 7.06. The van der Waals surface area contributed by atoms with E-state index in [2.05, 4.69) is 76.7 Å². The second-order valence-corrected chi connectivity index (χ2v) is 8.99. The van der Waals surface area contributed by atoms with Crippen molar-refractivity contribution in [3.8, 4) is 33.6 Å². The van der Waals surface area contributed by atoms with Crippen LogP contribution in [0.5, 0.6) is 0 Å². The Morgan fingerprint density at radius 2 is 1.19 bits per heavy atom. The van der Waals surface area contributed by atoms with Gasteiger partial charge in [-0.05, 0) is 34.9 Å². The van der Waals surface area contributed by atoms with Crippen LogP contribution in [0.15, 0.2) is 103 Å². The van der Waals surface area contributed by atoms with E-state index in [-0.39, 0.29) is 5.28 Å².